The van der Waals surface area contributed by atoms with Gasteiger partial charge in [-0.05, 0) is 24.5 Å². The molecule has 2 N–H and O–H groups in total. The second-order valence-corrected chi connectivity index (χ2v) is 4.99. The van der Waals surface area contributed by atoms with Gasteiger partial charge in [-0.15, -0.1) is 0 Å². The molecule has 1 amide bonds. The number of carbonyl (C=O) groups excluding carboxylic acids is 1. The lowest BCUT2D eigenvalue weighted by molar-refractivity contribution is -0.137. The number of aromatic nitrogens is 1. The summed E-state index contributed by atoms with van der Waals surface area (Å²) in [6.07, 6.45) is 2.31. The largest absolute Gasteiger partial charge is 0.480 e. The first kappa shape index (κ1) is 16.2. The van der Waals surface area contributed by atoms with Crippen molar-refractivity contribution < 1.29 is 19.4 Å². The van der Waals surface area contributed by atoms with E-state index in [1.54, 1.807) is 18.3 Å². The molecule has 0 saturated heterocycles. The fourth-order valence-electron chi connectivity index (χ4n) is 1.69. The Hall–Kier alpha value is -1.82. The van der Waals surface area contributed by atoms with E-state index in [0.29, 0.717) is 24.8 Å². The fourth-order valence-corrected chi connectivity index (χ4v) is 1.69. The number of carboxylic acids is 1. The molecule has 0 spiro atoms. The van der Waals surface area contributed by atoms with Gasteiger partial charge in [0, 0.05) is 26.0 Å². The van der Waals surface area contributed by atoms with Gasteiger partial charge < -0.3 is 19.7 Å². The van der Waals surface area contributed by atoms with Crippen molar-refractivity contribution in [3.8, 4) is 0 Å². The second kappa shape index (κ2) is 8.37. The van der Waals surface area contributed by atoms with Crippen molar-refractivity contribution in [1.82, 2.24) is 9.88 Å². The Bertz CT molecular complexity index is 440. The van der Waals surface area contributed by atoms with E-state index in [4.69, 9.17) is 9.84 Å². The number of hydrogen-bond donors (Lipinski definition) is 2. The van der Waals surface area contributed by atoms with Gasteiger partial charge in [0.05, 0.1) is 0 Å². The summed E-state index contributed by atoms with van der Waals surface area (Å²) in [5.41, 5.74) is 0.357. The lowest BCUT2D eigenvalue weighted by atomic mass is 10.2. The maximum absolute atomic E-state index is 11.9. The molecule has 0 saturated carbocycles. The number of nitrogens with one attached hydrogen (secondary N) is 1. The standard InChI is InChI=1S/C14H22N2O4/c1-11(2)10-20-8-4-6-15-14(19)12-5-3-7-16(12)9-13(17)18/h3,5,7,11H,4,6,8-10H2,1-2H3,(H,15,19)(H,17,18). The molecule has 112 valence electrons. The molecule has 6 nitrogen and oxygen atoms in total. The summed E-state index contributed by atoms with van der Waals surface area (Å²) in [4.78, 5) is 22.5. The predicted octanol–water partition coefficient (Wildman–Crippen LogP) is 1.37. The van der Waals surface area contributed by atoms with Crippen LogP contribution in [0.1, 0.15) is 30.8 Å². The molecule has 1 rings (SSSR count). The summed E-state index contributed by atoms with van der Waals surface area (Å²) in [5, 5.41) is 11.5. The molecule has 1 aromatic rings. The summed E-state index contributed by atoms with van der Waals surface area (Å²) in [6.45, 7) is 5.78. The first-order valence-electron chi connectivity index (χ1n) is 6.73. The van der Waals surface area contributed by atoms with E-state index >= 15 is 0 Å². The molecule has 0 radical (unpaired) electrons. The van der Waals surface area contributed by atoms with Crippen LogP contribution in [0.3, 0.4) is 0 Å². The molecular formula is C14H22N2O4. The molecule has 20 heavy (non-hydrogen) atoms. The summed E-state index contributed by atoms with van der Waals surface area (Å²) in [6, 6.07) is 3.26. The first-order chi connectivity index (χ1) is 9.50. The van der Waals surface area contributed by atoms with E-state index in [2.05, 4.69) is 19.2 Å². The fraction of sp³-hybridized carbons (Fsp3) is 0.571. The Kier molecular flexibility index (Phi) is 6.79. The SMILES string of the molecule is CC(C)COCCCNC(=O)c1cccn1CC(=O)O. The van der Waals surface area contributed by atoms with Gasteiger partial charge in [0.15, 0.2) is 0 Å². The zero-order valence-electron chi connectivity index (χ0n) is 12.0. The number of hydrogen-bond acceptors (Lipinski definition) is 3. The number of amides is 1. The van der Waals surface area contributed by atoms with Crippen molar-refractivity contribution in [1.29, 1.82) is 0 Å². The third-order valence-corrected chi connectivity index (χ3v) is 2.57. The van der Waals surface area contributed by atoms with E-state index in [-0.39, 0.29) is 12.5 Å². The summed E-state index contributed by atoms with van der Waals surface area (Å²) < 4.78 is 6.82. The van der Waals surface area contributed by atoms with Gasteiger partial charge in [0.1, 0.15) is 12.2 Å². The van der Waals surface area contributed by atoms with Crippen LogP contribution in [-0.2, 0) is 16.1 Å². The third kappa shape index (κ3) is 5.88. The maximum atomic E-state index is 11.9. The van der Waals surface area contributed by atoms with E-state index in [1.165, 1.54) is 4.57 Å². The Morgan fingerprint density at radius 1 is 1.45 bits per heavy atom. The highest BCUT2D eigenvalue weighted by molar-refractivity contribution is 5.93. The molecule has 0 aliphatic rings. The topological polar surface area (TPSA) is 80.6 Å². The first-order valence-corrected chi connectivity index (χ1v) is 6.73. The molecule has 1 aromatic heterocycles. The summed E-state index contributed by atoms with van der Waals surface area (Å²) in [5.74, 6) is -0.735. The molecule has 0 fully saturated rings. The van der Waals surface area contributed by atoms with Crippen LogP contribution >= 0.6 is 0 Å². The number of ether oxygens (including phenoxy) is 1. The highest BCUT2D eigenvalue weighted by Gasteiger charge is 2.11. The molecule has 1 heterocycles. The molecule has 0 atom stereocenters. The lowest BCUT2D eigenvalue weighted by Crippen LogP contribution is -2.28. The molecule has 0 aliphatic carbocycles. The van der Waals surface area contributed by atoms with Crippen LogP contribution in [-0.4, -0.2) is 41.3 Å². The Balaban J connectivity index is 2.29. The number of nitrogens with zero attached hydrogens (tertiary/aromatic N) is 1. The van der Waals surface area contributed by atoms with Gasteiger partial charge in [-0.1, -0.05) is 13.8 Å². The van der Waals surface area contributed by atoms with Crippen LogP contribution < -0.4 is 5.32 Å². The van der Waals surface area contributed by atoms with Crippen molar-refractivity contribution in [2.45, 2.75) is 26.8 Å². The highest BCUT2D eigenvalue weighted by Crippen LogP contribution is 2.02. The Labute approximate surface area is 118 Å². The molecule has 0 bridgehead atoms. The predicted molar refractivity (Wildman–Crippen MR) is 74.7 cm³/mol. The monoisotopic (exact) mass is 282 g/mol. The van der Waals surface area contributed by atoms with Gasteiger partial charge >= 0.3 is 5.97 Å². The molecule has 0 aromatic carbocycles. The zero-order chi connectivity index (χ0) is 15.0. The smallest absolute Gasteiger partial charge is 0.323 e. The number of rotatable bonds is 9. The summed E-state index contributed by atoms with van der Waals surface area (Å²) in [7, 11) is 0. The molecule has 0 unspecified atom stereocenters. The zero-order valence-corrected chi connectivity index (χ0v) is 12.0. The minimum absolute atomic E-state index is 0.215. The van der Waals surface area contributed by atoms with Gasteiger partial charge in [-0.2, -0.15) is 0 Å². The second-order valence-electron chi connectivity index (χ2n) is 4.99. The number of carboxylic acid groups (broad SMARTS) is 1. The minimum atomic E-state index is -0.975. The van der Waals surface area contributed by atoms with E-state index in [9.17, 15) is 9.59 Å². The Morgan fingerprint density at radius 2 is 2.20 bits per heavy atom. The Morgan fingerprint density at radius 3 is 2.85 bits per heavy atom. The van der Waals surface area contributed by atoms with Gasteiger partial charge in [0.25, 0.3) is 5.91 Å². The quantitative estimate of drug-likeness (QED) is 0.670. The van der Waals surface area contributed by atoms with Crippen molar-refractivity contribution in [3.63, 3.8) is 0 Å². The van der Waals surface area contributed by atoms with E-state index in [1.807, 2.05) is 0 Å². The van der Waals surface area contributed by atoms with Gasteiger partial charge in [-0.25, -0.2) is 0 Å². The van der Waals surface area contributed by atoms with Crippen molar-refractivity contribution >= 4 is 11.9 Å². The highest BCUT2D eigenvalue weighted by atomic mass is 16.5. The average Bonchev–Trinajstić information content (AvgIpc) is 2.80. The number of carbonyl (C=O) groups is 2. The molecular weight excluding hydrogens is 260 g/mol. The van der Waals surface area contributed by atoms with Crippen molar-refractivity contribution in [2.24, 2.45) is 5.92 Å². The summed E-state index contributed by atoms with van der Waals surface area (Å²) >= 11 is 0. The van der Waals surface area contributed by atoms with Crippen LogP contribution in [0.25, 0.3) is 0 Å². The van der Waals surface area contributed by atoms with Crippen LogP contribution in [0.2, 0.25) is 0 Å². The van der Waals surface area contributed by atoms with Crippen LogP contribution in [0.15, 0.2) is 18.3 Å². The van der Waals surface area contributed by atoms with Crippen LogP contribution in [0.4, 0.5) is 0 Å². The normalized spacial score (nSPS) is 10.8. The third-order valence-electron chi connectivity index (χ3n) is 2.57. The van der Waals surface area contributed by atoms with E-state index < -0.39 is 5.97 Å². The molecule has 0 aliphatic heterocycles. The van der Waals surface area contributed by atoms with Gasteiger partial charge in [-0.3, -0.25) is 9.59 Å². The van der Waals surface area contributed by atoms with Crippen molar-refractivity contribution in [3.05, 3.63) is 24.0 Å². The lowest BCUT2D eigenvalue weighted by Gasteiger charge is -2.09. The van der Waals surface area contributed by atoms with Crippen LogP contribution in [0.5, 0.6) is 0 Å². The number of aliphatic carboxylic acids is 1. The maximum Gasteiger partial charge on any atom is 0.323 e. The minimum Gasteiger partial charge on any atom is -0.480 e. The van der Waals surface area contributed by atoms with Crippen molar-refractivity contribution in [2.75, 3.05) is 19.8 Å². The molecule has 6 heteroatoms. The average molecular weight is 282 g/mol. The van der Waals surface area contributed by atoms with Crippen LogP contribution in [0, 0.1) is 5.92 Å². The van der Waals surface area contributed by atoms with Gasteiger partial charge in [0.2, 0.25) is 0 Å². The van der Waals surface area contributed by atoms with E-state index in [0.717, 1.165) is 13.0 Å².